The van der Waals surface area contributed by atoms with E-state index in [1.807, 2.05) is 35.7 Å². The average molecular weight is 303 g/mol. The normalized spacial score (nSPS) is 19.9. The first-order valence-corrected chi connectivity index (χ1v) is 7.79. The Balaban J connectivity index is 1.78. The number of amides is 1. The Morgan fingerprint density at radius 2 is 2.29 bits per heavy atom. The Morgan fingerprint density at radius 1 is 1.43 bits per heavy atom. The summed E-state index contributed by atoms with van der Waals surface area (Å²) in [6.07, 6.45) is 1.31. The van der Waals surface area contributed by atoms with E-state index in [2.05, 4.69) is 15.6 Å². The number of ether oxygens (including phenoxy) is 1. The van der Waals surface area contributed by atoms with Gasteiger partial charge in [-0.15, -0.1) is 11.3 Å². The van der Waals surface area contributed by atoms with Crippen LogP contribution in [0.2, 0.25) is 0 Å². The minimum Gasteiger partial charge on any atom is -0.366 e. The predicted molar refractivity (Wildman–Crippen MR) is 81.2 cm³/mol. The second-order valence-corrected chi connectivity index (χ2v) is 5.71. The van der Waals surface area contributed by atoms with E-state index in [1.165, 1.54) is 11.3 Å². The molecule has 0 radical (unpaired) electrons. The molecule has 1 saturated heterocycles. The standard InChI is InChI=1S/C15H17N3O2S/c19-14(12-10-16-6-8-20-12)18-13(15-17-7-9-21-15)11-4-2-1-3-5-11/h1-5,7,9,12-13,16H,6,8,10H2,(H,18,19). The van der Waals surface area contributed by atoms with Gasteiger partial charge in [0, 0.05) is 24.7 Å². The monoisotopic (exact) mass is 303 g/mol. The highest BCUT2D eigenvalue weighted by molar-refractivity contribution is 7.09. The Labute approximate surface area is 127 Å². The van der Waals surface area contributed by atoms with E-state index in [1.54, 1.807) is 6.20 Å². The van der Waals surface area contributed by atoms with Gasteiger partial charge in [0.15, 0.2) is 0 Å². The summed E-state index contributed by atoms with van der Waals surface area (Å²) in [5, 5.41) is 9.00. The van der Waals surface area contributed by atoms with Gasteiger partial charge in [-0.25, -0.2) is 4.98 Å². The zero-order valence-corrected chi connectivity index (χ0v) is 12.3. The molecule has 0 aliphatic carbocycles. The number of hydrogen-bond donors (Lipinski definition) is 2. The van der Waals surface area contributed by atoms with E-state index in [0.29, 0.717) is 13.2 Å². The molecule has 2 aromatic rings. The molecule has 1 aliphatic rings. The van der Waals surface area contributed by atoms with Crippen molar-refractivity contribution >= 4 is 17.2 Å². The lowest BCUT2D eigenvalue weighted by Gasteiger charge is -2.25. The van der Waals surface area contributed by atoms with Crippen LogP contribution < -0.4 is 10.6 Å². The van der Waals surface area contributed by atoms with Gasteiger partial charge in [-0.2, -0.15) is 0 Å². The zero-order valence-electron chi connectivity index (χ0n) is 11.5. The number of nitrogens with zero attached hydrogens (tertiary/aromatic N) is 1. The van der Waals surface area contributed by atoms with E-state index in [-0.39, 0.29) is 11.9 Å². The number of benzene rings is 1. The highest BCUT2D eigenvalue weighted by Gasteiger charge is 2.26. The molecule has 0 bridgehead atoms. The largest absolute Gasteiger partial charge is 0.366 e. The summed E-state index contributed by atoms with van der Waals surface area (Å²) >= 11 is 1.53. The average Bonchev–Trinajstić information content (AvgIpc) is 3.08. The Bertz CT molecular complexity index is 568. The molecule has 21 heavy (non-hydrogen) atoms. The molecule has 1 amide bonds. The molecule has 1 aromatic heterocycles. The maximum atomic E-state index is 12.4. The molecule has 2 unspecified atom stereocenters. The molecule has 5 nitrogen and oxygen atoms in total. The molecule has 0 saturated carbocycles. The third kappa shape index (κ3) is 3.47. The highest BCUT2D eigenvalue weighted by atomic mass is 32.1. The van der Waals surface area contributed by atoms with Crippen LogP contribution in [0.5, 0.6) is 0 Å². The third-order valence-corrected chi connectivity index (χ3v) is 4.18. The molecule has 2 heterocycles. The van der Waals surface area contributed by atoms with Crippen LogP contribution in [-0.2, 0) is 9.53 Å². The molecule has 3 rings (SSSR count). The summed E-state index contributed by atoms with van der Waals surface area (Å²) in [4.78, 5) is 16.7. The van der Waals surface area contributed by atoms with Gasteiger partial charge in [0.1, 0.15) is 17.2 Å². The number of hydrogen-bond acceptors (Lipinski definition) is 5. The van der Waals surface area contributed by atoms with Crippen molar-refractivity contribution in [1.29, 1.82) is 0 Å². The molecule has 1 fully saturated rings. The number of carbonyl (C=O) groups is 1. The summed E-state index contributed by atoms with van der Waals surface area (Å²) < 4.78 is 5.50. The summed E-state index contributed by atoms with van der Waals surface area (Å²) in [7, 11) is 0. The molecular formula is C15H17N3O2S. The second kappa shape index (κ2) is 6.80. The molecule has 2 atom stereocenters. The lowest BCUT2D eigenvalue weighted by Crippen LogP contribution is -2.48. The minimum absolute atomic E-state index is 0.105. The van der Waals surface area contributed by atoms with Gasteiger partial charge in [0.25, 0.3) is 5.91 Å². The van der Waals surface area contributed by atoms with Crippen LogP contribution in [0.15, 0.2) is 41.9 Å². The number of aromatic nitrogens is 1. The van der Waals surface area contributed by atoms with Gasteiger partial charge in [-0.1, -0.05) is 30.3 Å². The summed E-state index contributed by atoms with van der Waals surface area (Å²) in [5.74, 6) is -0.105. The van der Waals surface area contributed by atoms with E-state index < -0.39 is 6.10 Å². The van der Waals surface area contributed by atoms with Crippen LogP contribution in [0.4, 0.5) is 0 Å². The van der Waals surface area contributed by atoms with E-state index in [4.69, 9.17) is 4.74 Å². The van der Waals surface area contributed by atoms with Crippen LogP contribution in [0.3, 0.4) is 0 Å². The first-order valence-electron chi connectivity index (χ1n) is 6.91. The van der Waals surface area contributed by atoms with Crippen LogP contribution in [0.1, 0.15) is 16.6 Å². The molecule has 1 aromatic carbocycles. The highest BCUT2D eigenvalue weighted by Crippen LogP contribution is 2.23. The van der Waals surface area contributed by atoms with Crippen LogP contribution in [-0.4, -0.2) is 36.7 Å². The number of nitrogens with one attached hydrogen (secondary N) is 2. The van der Waals surface area contributed by atoms with Crippen LogP contribution >= 0.6 is 11.3 Å². The summed E-state index contributed by atoms with van der Waals surface area (Å²) in [5.41, 5.74) is 1.02. The van der Waals surface area contributed by atoms with Crippen molar-refractivity contribution in [3.05, 3.63) is 52.5 Å². The van der Waals surface area contributed by atoms with Gasteiger partial charge in [0.05, 0.1) is 6.61 Å². The van der Waals surface area contributed by atoms with Gasteiger partial charge in [-0.3, -0.25) is 4.79 Å². The lowest BCUT2D eigenvalue weighted by atomic mass is 10.1. The van der Waals surface area contributed by atoms with E-state index >= 15 is 0 Å². The van der Waals surface area contributed by atoms with E-state index in [9.17, 15) is 4.79 Å². The molecular weight excluding hydrogens is 286 g/mol. The van der Waals surface area contributed by atoms with Crippen molar-refractivity contribution < 1.29 is 9.53 Å². The summed E-state index contributed by atoms with van der Waals surface area (Å²) in [6, 6.07) is 9.63. The van der Waals surface area contributed by atoms with Gasteiger partial charge in [0.2, 0.25) is 0 Å². The number of rotatable bonds is 4. The van der Waals surface area contributed by atoms with Crippen molar-refractivity contribution in [2.24, 2.45) is 0 Å². The number of carbonyl (C=O) groups excluding carboxylic acids is 1. The lowest BCUT2D eigenvalue weighted by molar-refractivity contribution is -0.134. The predicted octanol–water partition coefficient (Wildman–Crippen LogP) is 1.34. The van der Waals surface area contributed by atoms with Crippen molar-refractivity contribution in [3.8, 4) is 0 Å². The van der Waals surface area contributed by atoms with Crippen molar-refractivity contribution in [2.45, 2.75) is 12.1 Å². The fraction of sp³-hybridized carbons (Fsp3) is 0.333. The molecule has 110 valence electrons. The van der Waals surface area contributed by atoms with Crippen LogP contribution in [0, 0.1) is 0 Å². The first kappa shape index (κ1) is 14.2. The Hall–Kier alpha value is -1.76. The zero-order chi connectivity index (χ0) is 14.5. The SMILES string of the molecule is O=C(NC(c1ccccc1)c1nccs1)C1CNCCO1. The maximum Gasteiger partial charge on any atom is 0.251 e. The Morgan fingerprint density at radius 3 is 2.95 bits per heavy atom. The van der Waals surface area contributed by atoms with Crippen molar-refractivity contribution in [1.82, 2.24) is 15.6 Å². The second-order valence-electron chi connectivity index (χ2n) is 4.79. The molecule has 1 aliphatic heterocycles. The maximum absolute atomic E-state index is 12.4. The fourth-order valence-electron chi connectivity index (χ4n) is 2.28. The molecule has 2 N–H and O–H groups in total. The minimum atomic E-state index is -0.440. The quantitative estimate of drug-likeness (QED) is 0.894. The van der Waals surface area contributed by atoms with E-state index in [0.717, 1.165) is 17.1 Å². The first-order chi connectivity index (χ1) is 10.3. The van der Waals surface area contributed by atoms with Crippen molar-refractivity contribution in [3.63, 3.8) is 0 Å². The van der Waals surface area contributed by atoms with Crippen LogP contribution in [0.25, 0.3) is 0 Å². The number of morpholine rings is 1. The van der Waals surface area contributed by atoms with Gasteiger partial charge in [-0.05, 0) is 5.56 Å². The summed E-state index contributed by atoms with van der Waals surface area (Å²) in [6.45, 7) is 1.90. The smallest absolute Gasteiger partial charge is 0.251 e. The Kier molecular flexibility index (Phi) is 4.59. The topological polar surface area (TPSA) is 63.2 Å². The van der Waals surface area contributed by atoms with Gasteiger partial charge >= 0.3 is 0 Å². The number of thiazole rings is 1. The molecule has 6 heteroatoms. The van der Waals surface area contributed by atoms with Gasteiger partial charge < -0.3 is 15.4 Å². The van der Waals surface area contributed by atoms with Crippen molar-refractivity contribution in [2.75, 3.05) is 19.7 Å². The molecule has 0 spiro atoms. The third-order valence-electron chi connectivity index (χ3n) is 3.34. The fourth-order valence-corrected chi connectivity index (χ4v) is 2.99.